The van der Waals surface area contributed by atoms with Crippen LogP contribution in [0.5, 0.6) is 0 Å². The predicted octanol–water partition coefficient (Wildman–Crippen LogP) is 2.41. The molecular formula is C11H15N3S2. The number of hydrogen-bond donors (Lipinski definition) is 0. The summed E-state index contributed by atoms with van der Waals surface area (Å²) in [7, 11) is 8.05. The lowest BCUT2D eigenvalue weighted by Crippen LogP contribution is -2.11. The SMILES string of the molecule is CN=c1sc(N(C)C)c(-c2cccs2)n1C. The van der Waals surface area contributed by atoms with Gasteiger partial charge in [0.2, 0.25) is 0 Å². The summed E-state index contributed by atoms with van der Waals surface area (Å²) in [6.07, 6.45) is 0. The quantitative estimate of drug-likeness (QED) is 0.805. The lowest BCUT2D eigenvalue weighted by atomic mass is 10.3. The summed E-state index contributed by atoms with van der Waals surface area (Å²) in [6, 6.07) is 4.24. The Hall–Kier alpha value is -1.07. The molecule has 0 amide bonds. The molecule has 0 saturated carbocycles. The zero-order chi connectivity index (χ0) is 11.7. The highest BCUT2D eigenvalue weighted by Crippen LogP contribution is 2.34. The van der Waals surface area contributed by atoms with Crippen LogP contribution in [0.15, 0.2) is 22.5 Å². The normalized spacial score (nSPS) is 12.1. The van der Waals surface area contributed by atoms with Crippen LogP contribution in [-0.4, -0.2) is 25.7 Å². The van der Waals surface area contributed by atoms with Gasteiger partial charge in [-0.2, -0.15) is 0 Å². The minimum atomic E-state index is 1.05. The van der Waals surface area contributed by atoms with Crippen LogP contribution >= 0.6 is 22.7 Å². The molecule has 2 aromatic rings. The van der Waals surface area contributed by atoms with E-state index < -0.39 is 0 Å². The second-order valence-corrected chi connectivity index (χ2v) is 5.60. The van der Waals surface area contributed by atoms with Crippen LogP contribution in [-0.2, 0) is 7.05 Å². The van der Waals surface area contributed by atoms with E-state index in [1.54, 1.807) is 22.7 Å². The van der Waals surface area contributed by atoms with E-state index >= 15 is 0 Å². The van der Waals surface area contributed by atoms with E-state index in [4.69, 9.17) is 0 Å². The smallest absolute Gasteiger partial charge is 0.186 e. The van der Waals surface area contributed by atoms with Gasteiger partial charge in [-0.25, -0.2) is 0 Å². The number of nitrogens with zero attached hydrogens (tertiary/aromatic N) is 3. The molecule has 3 nitrogen and oxygen atoms in total. The molecule has 2 heterocycles. The fraction of sp³-hybridized carbons (Fsp3) is 0.364. The number of anilines is 1. The minimum absolute atomic E-state index is 1.05. The zero-order valence-corrected chi connectivity index (χ0v) is 11.5. The Morgan fingerprint density at radius 2 is 2.12 bits per heavy atom. The van der Waals surface area contributed by atoms with Crippen molar-refractivity contribution in [2.75, 3.05) is 26.0 Å². The Bertz CT molecular complexity index is 532. The summed E-state index contributed by atoms with van der Waals surface area (Å²) in [5, 5.41) is 3.36. The molecule has 16 heavy (non-hydrogen) atoms. The molecule has 0 unspecified atom stereocenters. The van der Waals surface area contributed by atoms with E-state index in [1.165, 1.54) is 15.6 Å². The number of rotatable bonds is 2. The topological polar surface area (TPSA) is 20.5 Å². The predicted molar refractivity (Wildman–Crippen MR) is 72.4 cm³/mol. The van der Waals surface area contributed by atoms with Crippen molar-refractivity contribution in [3.05, 3.63) is 22.3 Å². The maximum atomic E-state index is 4.30. The van der Waals surface area contributed by atoms with Gasteiger partial charge in [-0.3, -0.25) is 4.99 Å². The van der Waals surface area contributed by atoms with Crippen LogP contribution in [0.2, 0.25) is 0 Å². The first kappa shape index (κ1) is 11.4. The van der Waals surface area contributed by atoms with Gasteiger partial charge in [-0.05, 0) is 11.4 Å². The fourth-order valence-corrected chi connectivity index (χ4v) is 3.51. The van der Waals surface area contributed by atoms with Gasteiger partial charge in [-0.15, -0.1) is 11.3 Å². The molecule has 5 heteroatoms. The highest BCUT2D eigenvalue weighted by atomic mass is 32.1. The van der Waals surface area contributed by atoms with Crippen molar-refractivity contribution in [2.45, 2.75) is 0 Å². The first-order valence-electron chi connectivity index (χ1n) is 4.99. The third-order valence-electron chi connectivity index (χ3n) is 2.36. The van der Waals surface area contributed by atoms with Crippen molar-refractivity contribution in [1.29, 1.82) is 0 Å². The zero-order valence-electron chi connectivity index (χ0n) is 9.89. The average Bonchev–Trinajstić information content (AvgIpc) is 2.84. The van der Waals surface area contributed by atoms with Gasteiger partial charge >= 0.3 is 0 Å². The summed E-state index contributed by atoms with van der Waals surface area (Å²) < 4.78 is 2.16. The van der Waals surface area contributed by atoms with Gasteiger partial charge in [0.15, 0.2) is 4.80 Å². The van der Waals surface area contributed by atoms with Crippen molar-refractivity contribution < 1.29 is 0 Å². The fourth-order valence-electron chi connectivity index (χ4n) is 1.63. The molecule has 86 valence electrons. The van der Waals surface area contributed by atoms with Crippen LogP contribution in [0.3, 0.4) is 0 Å². The van der Waals surface area contributed by atoms with Crippen molar-refractivity contribution in [1.82, 2.24) is 4.57 Å². The Morgan fingerprint density at radius 1 is 1.38 bits per heavy atom. The lowest BCUT2D eigenvalue weighted by Gasteiger charge is -2.12. The summed E-state index contributed by atoms with van der Waals surface area (Å²) >= 11 is 3.48. The number of hydrogen-bond acceptors (Lipinski definition) is 4. The van der Waals surface area contributed by atoms with Crippen LogP contribution < -0.4 is 9.70 Å². The molecule has 0 bridgehead atoms. The highest BCUT2D eigenvalue weighted by Gasteiger charge is 2.15. The van der Waals surface area contributed by atoms with Crippen LogP contribution in [0.4, 0.5) is 5.00 Å². The van der Waals surface area contributed by atoms with Gasteiger partial charge < -0.3 is 9.47 Å². The van der Waals surface area contributed by atoms with Gasteiger partial charge in [0.1, 0.15) is 5.00 Å². The third kappa shape index (κ3) is 1.81. The van der Waals surface area contributed by atoms with Gasteiger partial charge in [0.05, 0.1) is 10.6 Å². The summed E-state index contributed by atoms with van der Waals surface area (Å²) in [4.78, 5) is 8.79. The van der Waals surface area contributed by atoms with E-state index in [0.717, 1.165) is 4.80 Å². The second-order valence-electron chi connectivity index (χ2n) is 3.69. The molecule has 2 aromatic heterocycles. The van der Waals surface area contributed by atoms with E-state index in [2.05, 4.69) is 53.1 Å². The van der Waals surface area contributed by atoms with Crippen LogP contribution in [0, 0.1) is 0 Å². The summed E-state index contributed by atoms with van der Waals surface area (Å²) in [5.74, 6) is 0. The van der Waals surface area contributed by atoms with Crippen molar-refractivity contribution in [3.8, 4) is 10.6 Å². The minimum Gasteiger partial charge on any atom is -0.368 e. The Labute approximate surface area is 103 Å². The Morgan fingerprint density at radius 3 is 2.62 bits per heavy atom. The maximum absolute atomic E-state index is 4.30. The molecule has 0 radical (unpaired) electrons. The molecule has 0 spiro atoms. The molecule has 0 saturated heterocycles. The largest absolute Gasteiger partial charge is 0.368 e. The van der Waals surface area contributed by atoms with Gasteiger partial charge in [0.25, 0.3) is 0 Å². The van der Waals surface area contributed by atoms with Crippen LogP contribution in [0.25, 0.3) is 10.6 Å². The molecule has 2 rings (SSSR count). The third-order valence-corrected chi connectivity index (χ3v) is 4.63. The highest BCUT2D eigenvalue weighted by molar-refractivity contribution is 7.16. The number of thiazole rings is 1. The first-order valence-corrected chi connectivity index (χ1v) is 6.68. The molecule has 0 aliphatic rings. The van der Waals surface area contributed by atoms with Crippen molar-refractivity contribution in [2.24, 2.45) is 12.0 Å². The van der Waals surface area contributed by atoms with E-state index in [1.807, 2.05) is 7.05 Å². The van der Waals surface area contributed by atoms with Crippen molar-refractivity contribution >= 4 is 27.7 Å². The number of thiophene rings is 1. The molecular weight excluding hydrogens is 238 g/mol. The van der Waals surface area contributed by atoms with Crippen molar-refractivity contribution in [3.63, 3.8) is 0 Å². The second kappa shape index (κ2) is 4.43. The number of aromatic nitrogens is 1. The monoisotopic (exact) mass is 253 g/mol. The molecule has 0 atom stereocenters. The Kier molecular flexibility index (Phi) is 3.16. The van der Waals surface area contributed by atoms with E-state index in [9.17, 15) is 0 Å². The van der Waals surface area contributed by atoms with Crippen LogP contribution in [0.1, 0.15) is 0 Å². The van der Waals surface area contributed by atoms with E-state index in [0.29, 0.717) is 0 Å². The molecule has 0 N–H and O–H groups in total. The average molecular weight is 253 g/mol. The van der Waals surface area contributed by atoms with E-state index in [-0.39, 0.29) is 0 Å². The lowest BCUT2D eigenvalue weighted by molar-refractivity contribution is 0.875. The molecule has 0 aliphatic heterocycles. The summed E-state index contributed by atoms with van der Waals surface area (Å²) in [5.41, 5.74) is 1.26. The Balaban J connectivity index is 2.72. The molecule has 0 fully saturated rings. The maximum Gasteiger partial charge on any atom is 0.186 e. The standard InChI is InChI=1S/C11H15N3S2/c1-12-11-14(4)9(8-6-5-7-15-8)10(16-11)13(2)3/h5-7H,1-4H3. The first-order chi connectivity index (χ1) is 7.65. The van der Waals surface area contributed by atoms with Gasteiger partial charge in [0, 0.05) is 28.2 Å². The molecule has 0 aromatic carbocycles. The molecule has 0 aliphatic carbocycles. The van der Waals surface area contributed by atoms with Gasteiger partial charge in [-0.1, -0.05) is 17.4 Å². The summed E-state index contributed by atoms with van der Waals surface area (Å²) in [6.45, 7) is 0.